The van der Waals surface area contributed by atoms with Gasteiger partial charge in [-0.3, -0.25) is 4.79 Å². The maximum Gasteiger partial charge on any atom is 0.255 e. The number of hydrogen-bond acceptors (Lipinski definition) is 1. The topological polar surface area (TPSA) is 29.1 Å². The van der Waals surface area contributed by atoms with Crippen LogP contribution in [0.2, 0.25) is 10.0 Å². The maximum atomic E-state index is 12.0. The lowest BCUT2D eigenvalue weighted by molar-refractivity contribution is 0.102. The average Bonchev–Trinajstić information content (AvgIpc) is 2.37. The minimum absolute atomic E-state index is 0.227. The van der Waals surface area contributed by atoms with Gasteiger partial charge < -0.3 is 5.32 Å². The van der Waals surface area contributed by atoms with Crippen LogP contribution in [0, 0.1) is 6.92 Å². The second-order valence-electron chi connectivity index (χ2n) is 4.05. The molecule has 0 spiro atoms. The summed E-state index contributed by atoms with van der Waals surface area (Å²) < 4.78 is 0.944. The lowest BCUT2D eigenvalue weighted by atomic mass is 10.2. The van der Waals surface area contributed by atoms with Gasteiger partial charge in [-0.1, -0.05) is 45.2 Å². The van der Waals surface area contributed by atoms with Gasteiger partial charge in [0, 0.05) is 15.7 Å². The molecular weight excluding hydrogens is 349 g/mol. The van der Waals surface area contributed by atoms with E-state index in [0.29, 0.717) is 21.3 Å². The van der Waals surface area contributed by atoms with Crippen LogP contribution in [0.5, 0.6) is 0 Å². The molecule has 0 aromatic heterocycles. The highest BCUT2D eigenvalue weighted by Crippen LogP contribution is 2.24. The van der Waals surface area contributed by atoms with E-state index < -0.39 is 0 Å². The first-order chi connectivity index (χ1) is 8.97. The summed E-state index contributed by atoms with van der Waals surface area (Å²) in [7, 11) is 0. The molecule has 0 aliphatic carbocycles. The van der Waals surface area contributed by atoms with E-state index in [4.69, 9.17) is 23.2 Å². The highest BCUT2D eigenvalue weighted by molar-refractivity contribution is 9.10. The predicted octanol–water partition coefficient (Wildman–Crippen LogP) is 5.32. The number of hydrogen-bond donors (Lipinski definition) is 1. The number of halogens is 3. The Morgan fingerprint density at radius 1 is 1.11 bits per heavy atom. The number of carbonyl (C=O) groups is 1. The maximum absolute atomic E-state index is 12.0. The standard InChI is InChI=1S/C14H10BrCl2NO/c1-8-2-4-10(7-11(8)15)18-14(19)9-3-5-12(16)13(17)6-9/h2-7H,1H3,(H,18,19). The van der Waals surface area contributed by atoms with Crippen molar-refractivity contribution in [1.29, 1.82) is 0 Å². The normalized spacial score (nSPS) is 10.3. The molecule has 0 fully saturated rings. The molecule has 2 aromatic carbocycles. The van der Waals surface area contributed by atoms with Gasteiger partial charge in [0.1, 0.15) is 0 Å². The molecule has 2 aromatic rings. The first kappa shape index (κ1) is 14.4. The highest BCUT2D eigenvalue weighted by Gasteiger charge is 2.09. The molecule has 0 heterocycles. The van der Waals surface area contributed by atoms with Crippen LogP contribution in [0.1, 0.15) is 15.9 Å². The molecule has 0 saturated carbocycles. The van der Waals surface area contributed by atoms with Gasteiger partial charge >= 0.3 is 0 Å². The average molecular weight is 359 g/mol. The molecule has 19 heavy (non-hydrogen) atoms. The van der Waals surface area contributed by atoms with Crippen molar-refractivity contribution in [1.82, 2.24) is 0 Å². The van der Waals surface area contributed by atoms with Crippen LogP contribution >= 0.6 is 39.1 Å². The number of anilines is 1. The van der Waals surface area contributed by atoms with Crippen LogP contribution in [0.25, 0.3) is 0 Å². The number of nitrogens with one attached hydrogen (secondary N) is 1. The monoisotopic (exact) mass is 357 g/mol. The Hall–Kier alpha value is -1.03. The summed E-state index contributed by atoms with van der Waals surface area (Å²) in [4.78, 5) is 12.0. The quantitative estimate of drug-likeness (QED) is 0.773. The first-order valence-corrected chi connectivity index (χ1v) is 7.05. The molecule has 98 valence electrons. The summed E-state index contributed by atoms with van der Waals surface area (Å²) in [6.07, 6.45) is 0. The van der Waals surface area contributed by atoms with Gasteiger partial charge in [0.2, 0.25) is 0 Å². The Balaban J connectivity index is 2.20. The highest BCUT2D eigenvalue weighted by atomic mass is 79.9. The van der Waals surface area contributed by atoms with E-state index >= 15 is 0 Å². The molecule has 0 saturated heterocycles. The third kappa shape index (κ3) is 3.50. The van der Waals surface area contributed by atoms with E-state index in [2.05, 4.69) is 21.2 Å². The molecule has 0 radical (unpaired) electrons. The number of rotatable bonds is 2. The first-order valence-electron chi connectivity index (χ1n) is 5.50. The van der Waals surface area contributed by atoms with Gasteiger partial charge in [-0.05, 0) is 42.8 Å². The molecule has 2 nitrogen and oxygen atoms in total. The van der Waals surface area contributed by atoms with Crippen LogP contribution < -0.4 is 5.32 Å². The third-order valence-corrected chi connectivity index (χ3v) is 4.20. The minimum atomic E-state index is -0.227. The second-order valence-corrected chi connectivity index (χ2v) is 5.72. The molecule has 0 aliphatic rings. The van der Waals surface area contributed by atoms with Gasteiger partial charge in [0.15, 0.2) is 0 Å². The fraction of sp³-hybridized carbons (Fsp3) is 0.0714. The van der Waals surface area contributed by atoms with Crippen molar-refractivity contribution in [2.24, 2.45) is 0 Å². The smallest absolute Gasteiger partial charge is 0.255 e. The van der Waals surface area contributed by atoms with Crippen LogP contribution in [0.15, 0.2) is 40.9 Å². The zero-order valence-electron chi connectivity index (χ0n) is 10.0. The van der Waals surface area contributed by atoms with Crippen LogP contribution in [0.3, 0.4) is 0 Å². The fourth-order valence-corrected chi connectivity index (χ4v) is 2.19. The zero-order valence-corrected chi connectivity index (χ0v) is 13.1. The molecule has 0 aliphatic heterocycles. The van der Waals surface area contributed by atoms with Gasteiger partial charge in [-0.25, -0.2) is 0 Å². The summed E-state index contributed by atoms with van der Waals surface area (Å²) in [6.45, 7) is 1.98. The third-order valence-electron chi connectivity index (χ3n) is 2.61. The number of carbonyl (C=O) groups excluding carboxylic acids is 1. The van der Waals surface area contributed by atoms with Gasteiger partial charge in [-0.15, -0.1) is 0 Å². The Morgan fingerprint density at radius 2 is 1.84 bits per heavy atom. The van der Waals surface area contributed by atoms with Gasteiger partial charge in [-0.2, -0.15) is 0 Å². The Morgan fingerprint density at radius 3 is 2.47 bits per heavy atom. The molecule has 0 atom stereocenters. The summed E-state index contributed by atoms with van der Waals surface area (Å²) in [6, 6.07) is 10.4. The van der Waals surface area contributed by atoms with Crippen molar-refractivity contribution in [3.63, 3.8) is 0 Å². The van der Waals surface area contributed by atoms with E-state index in [0.717, 1.165) is 10.0 Å². The van der Waals surface area contributed by atoms with E-state index in [1.807, 2.05) is 25.1 Å². The van der Waals surface area contributed by atoms with Crippen molar-refractivity contribution >= 4 is 50.7 Å². The van der Waals surface area contributed by atoms with Gasteiger partial charge in [0.25, 0.3) is 5.91 Å². The number of aryl methyl sites for hydroxylation is 1. The van der Waals surface area contributed by atoms with Crippen LogP contribution in [-0.4, -0.2) is 5.91 Å². The lowest BCUT2D eigenvalue weighted by Gasteiger charge is -2.07. The number of benzene rings is 2. The van der Waals surface area contributed by atoms with E-state index in [-0.39, 0.29) is 5.91 Å². The second kappa shape index (κ2) is 5.95. The minimum Gasteiger partial charge on any atom is -0.322 e. The molecule has 1 N–H and O–H groups in total. The molecule has 1 amide bonds. The van der Waals surface area contributed by atoms with Crippen molar-refractivity contribution in [3.05, 3.63) is 62.0 Å². The molecular formula is C14H10BrCl2NO. The zero-order chi connectivity index (χ0) is 14.0. The number of amides is 1. The summed E-state index contributed by atoms with van der Waals surface area (Å²) >= 11 is 15.1. The van der Waals surface area contributed by atoms with Crippen molar-refractivity contribution in [2.45, 2.75) is 6.92 Å². The van der Waals surface area contributed by atoms with E-state index in [1.165, 1.54) is 0 Å². The van der Waals surface area contributed by atoms with Crippen molar-refractivity contribution < 1.29 is 4.79 Å². The SMILES string of the molecule is Cc1ccc(NC(=O)c2ccc(Cl)c(Cl)c2)cc1Br. The van der Waals surface area contributed by atoms with Crippen LogP contribution in [0.4, 0.5) is 5.69 Å². The molecule has 0 unspecified atom stereocenters. The molecule has 0 bridgehead atoms. The Labute approximate surface area is 129 Å². The molecule has 5 heteroatoms. The predicted molar refractivity (Wildman–Crippen MR) is 83.3 cm³/mol. The molecule has 2 rings (SSSR count). The summed E-state index contributed by atoms with van der Waals surface area (Å²) in [5.74, 6) is -0.227. The van der Waals surface area contributed by atoms with E-state index in [1.54, 1.807) is 18.2 Å². The van der Waals surface area contributed by atoms with Crippen molar-refractivity contribution in [3.8, 4) is 0 Å². The lowest BCUT2D eigenvalue weighted by Crippen LogP contribution is -2.11. The largest absolute Gasteiger partial charge is 0.322 e. The van der Waals surface area contributed by atoms with E-state index in [9.17, 15) is 4.79 Å². The van der Waals surface area contributed by atoms with Gasteiger partial charge in [0.05, 0.1) is 10.0 Å². The Bertz CT molecular complexity index is 643. The fourth-order valence-electron chi connectivity index (χ4n) is 1.51. The van der Waals surface area contributed by atoms with Crippen molar-refractivity contribution in [2.75, 3.05) is 5.32 Å². The summed E-state index contributed by atoms with van der Waals surface area (Å²) in [5.41, 5.74) is 2.28. The summed E-state index contributed by atoms with van der Waals surface area (Å²) in [5, 5.41) is 3.59. The van der Waals surface area contributed by atoms with Crippen LogP contribution in [-0.2, 0) is 0 Å². The Kier molecular flexibility index (Phi) is 4.50.